The minimum Gasteiger partial charge on any atom is -0.321 e. The average Bonchev–Trinajstić information content (AvgIpc) is 3.02. The monoisotopic (exact) mass is 308 g/mol. The summed E-state index contributed by atoms with van der Waals surface area (Å²) in [5.74, 6) is 0.642. The molecule has 0 saturated carbocycles. The van der Waals surface area contributed by atoms with Gasteiger partial charge in [-0.15, -0.1) is 0 Å². The Morgan fingerprint density at radius 1 is 1.43 bits per heavy atom. The SMILES string of the molecule is CCC(C)C1NC(c2ccsc2)N(CCC(C)(C)C)C1=O. The van der Waals surface area contributed by atoms with Gasteiger partial charge in [0.15, 0.2) is 0 Å². The Morgan fingerprint density at radius 2 is 2.14 bits per heavy atom. The number of rotatable bonds is 5. The molecule has 1 amide bonds. The van der Waals surface area contributed by atoms with E-state index >= 15 is 0 Å². The number of nitrogens with zero attached hydrogens (tertiary/aromatic N) is 1. The Morgan fingerprint density at radius 3 is 2.67 bits per heavy atom. The second-order valence-corrected chi connectivity index (χ2v) is 8.11. The van der Waals surface area contributed by atoms with E-state index in [0.717, 1.165) is 19.4 Å². The van der Waals surface area contributed by atoms with Gasteiger partial charge in [0.05, 0.1) is 6.04 Å². The maximum Gasteiger partial charge on any atom is 0.241 e. The van der Waals surface area contributed by atoms with E-state index in [4.69, 9.17) is 0 Å². The van der Waals surface area contributed by atoms with E-state index in [0.29, 0.717) is 5.92 Å². The summed E-state index contributed by atoms with van der Waals surface area (Å²) in [6, 6.07) is 2.08. The highest BCUT2D eigenvalue weighted by Gasteiger charge is 2.41. The number of carbonyl (C=O) groups excluding carboxylic acids is 1. The zero-order valence-corrected chi connectivity index (χ0v) is 14.7. The van der Waals surface area contributed by atoms with Crippen molar-refractivity contribution >= 4 is 17.2 Å². The fourth-order valence-corrected chi connectivity index (χ4v) is 3.36. The van der Waals surface area contributed by atoms with Crippen LogP contribution in [0.2, 0.25) is 0 Å². The lowest BCUT2D eigenvalue weighted by molar-refractivity contribution is -0.131. The van der Waals surface area contributed by atoms with Gasteiger partial charge >= 0.3 is 0 Å². The van der Waals surface area contributed by atoms with Gasteiger partial charge in [-0.05, 0) is 40.1 Å². The van der Waals surface area contributed by atoms with E-state index in [2.05, 4.69) is 56.8 Å². The second kappa shape index (κ2) is 6.49. The first-order valence-electron chi connectivity index (χ1n) is 7.92. The van der Waals surface area contributed by atoms with Gasteiger partial charge in [0, 0.05) is 6.54 Å². The number of thiophene rings is 1. The summed E-state index contributed by atoms with van der Waals surface area (Å²) in [6.45, 7) is 11.8. The van der Waals surface area contributed by atoms with Crippen LogP contribution < -0.4 is 5.32 Å². The highest BCUT2D eigenvalue weighted by atomic mass is 32.1. The van der Waals surface area contributed by atoms with E-state index < -0.39 is 0 Å². The summed E-state index contributed by atoms with van der Waals surface area (Å²) < 4.78 is 0. The van der Waals surface area contributed by atoms with Crippen LogP contribution in [-0.2, 0) is 4.79 Å². The molecule has 118 valence electrons. The van der Waals surface area contributed by atoms with Gasteiger partial charge in [0.2, 0.25) is 5.91 Å². The van der Waals surface area contributed by atoms with Gasteiger partial charge in [-0.2, -0.15) is 11.3 Å². The molecule has 3 unspecified atom stereocenters. The number of amides is 1. The second-order valence-electron chi connectivity index (χ2n) is 7.33. The van der Waals surface area contributed by atoms with Gasteiger partial charge in [-0.1, -0.05) is 41.0 Å². The summed E-state index contributed by atoms with van der Waals surface area (Å²) in [5.41, 5.74) is 1.46. The highest BCUT2D eigenvalue weighted by Crippen LogP contribution is 2.32. The van der Waals surface area contributed by atoms with Crippen LogP contribution in [0.15, 0.2) is 16.8 Å². The number of hydrogen-bond acceptors (Lipinski definition) is 3. The van der Waals surface area contributed by atoms with E-state index in [1.54, 1.807) is 11.3 Å². The Hall–Kier alpha value is -0.870. The first kappa shape index (κ1) is 16.5. The molecule has 3 nitrogen and oxygen atoms in total. The van der Waals surface area contributed by atoms with Crippen LogP contribution in [0.4, 0.5) is 0 Å². The predicted molar refractivity (Wildman–Crippen MR) is 89.2 cm³/mol. The molecule has 1 aromatic heterocycles. The summed E-state index contributed by atoms with van der Waals surface area (Å²) in [5, 5.41) is 7.79. The van der Waals surface area contributed by atoms with Crippen molar-refractivity contribution in [3.8, 4) is 0 Å². The lowest BCUT2D eigenvalue weighted by Gasteiger charge is -2.27. The number of hydrogen-bond donors (Lipinski definition) is 1. The maximum atomic E-state index is 12.8. The smallest absolute Gasteiger partial charge is 0.241 e. The molecule has 21 heavy (non-hydrogen) atoms. The van der Waals surface area contributed by atoms with Crippen molar-refractivity contribution in [3.63, 3.8) is 0 Å². The molecule has 1 aliphatic rings. The predicted octanol–water partition coefficient (Wildman–Crippen LogP) is 4.03. The van der Waals surface area contributed by atoms with Crippen molar-refractivity contribution in [2.75, 3.05) is 6.54 Å². The van der Waals surface area contributed by atoms with Crippen LogP contribution in [0, 0.1) is 11.3 Å². The molecule has 2 heterocycles. The van der Waals surface area contributed by atoms with E-state index in [1.165, 1.54) is 5.56 Å². The Balaban J connectivity index is 2.18. The van der Waals surface area contributed by atoms with Crippen molar-refractivity contribution in [2.24, 2.45) is 11.3 Å². The van der Waals surface area contributed by atoms with Crippen LogP contribution in [0.25, 0.3) is 0 Å². The van der Waals surface area contributed by atoms with E-state index in [1.807, 2.05) is 4.90 Å². The average molecular weight is 308 g/mol. The Bertz CT molecular complexity index is 464. The molecule has 1 N–H and O–H groups in total. The molecule has 1 aromatic rings. The minimum absolute atomic E-state index is 0.0418. The van der Waals surface area contributed by atoms with Gasteiger partial charge < -0.3 is 4.90 Å². The fraction of sp³-hybridized carbons (Fsp3) is 0.706. The van der Waals surface area contributed by atoms with E-state index in [9.17, 15) is 4.79 Å². The van der Waals surface area contributed by atoms with Crippen LogP contribution in [0.5, 0.6) is 0 Å². The van der Waals surface area contributed by atoms with Gasteiger partial charge in [0.1, 0.15) is 6.17 Å². The first-order valence-corrected chi connectivity index (χ1v) is 8.86. The quantitative estimate of drug-likeness (QED) is 0.890. The van der Waals surface area contributed by atoms with Crippen LogP contribution in [0.1, 0.15) is 59.2 Å². The molecule has 1 fully saturated rings. The lowest BCUT2D eigenvalue weighted by atomic mass is 9.92. The van der Waals surface area contributed by atoms with E-state index in [-0.39, 0.29) is 23.5 Å². The van der Waals surface area contributed by atoms with Crippen LogP contribution >= 0.6 is 11.3 Å². The van der Waals surface area contributed by atoms with Crippen molar-refractivity contribution in [1.29, 1.82) is 0 Å². The molecule has 2 rings (SSSR count). The molecule has 3 atom stereocenters. The molecule has 1 aliphatic heterocycles. The van der Waals surface area contributed by atoms with Crippen molar-refractivity contribution in [3.05, 3.63) is 22.4 Å². The normalized spacial score (nSPS) is 24.6. The molecular formula is C17H28N2OS. The lowest BCUT2D eigenvalue weighted by Crippen LogP contribution is -2.36. The molecule has 4 heteroatoms. The van der Waals surface area contributed by atoms with Gasteiger partial charge in [0.25, 0.3) is 0 Å². The van der Waals surface area contributed by atoms with Gasteiger partial charge in [-0.25, -0.2) is 0 Å². The summed E-state index contributed by atoms with van der Waals surface area (Å²) in [6.07, 6.45) is 2.09. The molecule has 0 spiro atoms. The number of nitrogens with one attached hydrogen (secondary N) is 1. The summed E-state index contributed by atoms with van der Waals surface area (Å²) in [7, 11) is 0. The van der Waals surface area contributed by atoms with Crippen LogP contribution in [-0.4, -0.2) is 23.4 Å². The standard InChI is InChI=1S/C17H28N2OS/c1-6-12(2)14-16(20)19(9-8-17(3,4)5)15(18-14)13-7-10-21-11-13/h7,10-12,14-15,18H,6,8-9H2,1-5H3. The summed E-state index contributed by atoms with van der Waals surface area (Å²) in [4.78, 5) is 14.8. The largest absolute Gasteiger partial charge is 0.321 e. The van der Waals surface area contributed by atoms with Crippen molar-refractivity contribution in [2.45, 2.75) is 59.7 Å². The summed E-state index contributed by atoms with van der Waals surface area (Å²) >= 11 is 1.69. The van der Waals surface area contributed by atoms with Crippen molar-refractivity contribution in [1.82, 2.24) is 10.2 Å². The maximum absolute atomic E-state index is 12.8. The zero-order chi connectivity index (χ0) is 15.6. The topological polar surface area (TPSA) is 32.3 Å². The highest BCUT2D eigenvalue weighted by molar-refractivity contribution is 7.07. The van der Waals surface area contributed by atoms with Crippen molar-refractivity contribution < 1.29 is 4.79 Å². The fourth-order valence-electron chi connectivity index (χ4n) is 2.68. The van der Waals surface area contributed by atoms with Gasteiger partial charge in [-0.3, -0.25) is 10.1 Å². The third kappa shape index (κ3) is 3.86. The zero-order valence-electron chi connectivity index (χ0n) is 13.8. The Kier molecular flexibility index (Phi) is 5.10. The first-order chi connectivity index (χ1) is 9.83. The molecule has 0 aliphatic carbocycles. The third-order valence-electron chi connectivity index (χ3n) is 4.37. The molecule has 0 radical (unpaired) electrons. The molecule has 1 saturated heterocycles. The minimum atomic E-state index is -0.0418. The van der Waals surface area contributed by atoms with Crippen LogP contribution in [0.3, 0.4) is 0 Å². The molecule has 0 bridgehead atoms. The third-order valence-corrected chi connectivity index (χ3v) is 5.07. The number of carbonyl (C=O) groups is 1. The molecular weight excluding hydrogens is 280 g/mol. The molecule has 0 aromatic carbocycles. The Labute approximate surface area is 132 Å².